The lowest BCUT2D eigenvalue weighted by molar-refractivity contribution is 0.834. The van der Waals surface area contributed by atoms with Crippen LogP contribution in [0.15, 0.2) is 12.4 Å². The van der Waals surface area contributed by atoms with Crippen LogP contribution in [0.1, 0.15) is 11.4 Å². The molecule has 0 unspecified atom stereocenters. The molecule has 0 saturated carbocycles. The summed E-state index contributed by atoms with van der Waals surface area (Å²) in [6.45, 7) is 2.32. The first kappa shape index (κ1) is 7.48. The van der Waals surface area contributed by atoms with Gasteiger partial charge in [-0.15, -0.1) is 0 Å². The van der Waals surface area contributed by atoms with E-state index in [1.807, 2.05) is 13.1 Å². The van der Waals surface area contributed by atoms with Gasteiger partial charge in [0.2, 0.25) is 0 Å². The van der Waals surface area contributed by atoms with Crippen molar-refractivity contribution in [2.75, 3.05) is 0 Å². The third-order valence-corrected chi connectivity index (χ3v) is 1.18. The molecule has 0 aliphatic carbocycles. The summed E-state index contributed by atoms with van der Waals surface area (Å²) in [5, 5.41) is 10.7. The molecule has 1 heterocycles. The molecule has 56 valence electrons. The fourth-order valence-corrected chi connectivity index (χ4v) is 0.641. The van der Waals surface area contributed by atoms with Crippen molar-refractivity contribution >= 4 is 0 Å². The highest BCUT2D eigenvalue weighted by molar-refractivity contribution is 5.00. The second-order valence-electron chi connectivity index (χ2n) is 2.11. The Kier molecular flexibility index (Phi) is 2.39. The lowest BCUT2D eigenvalue weighted by Crippen LogP contribution is -2.06. The Bertz CT molecular complexity index is 259. The highest BCUT2D eigenvalue weighted by Gasteiger charge is 1.91. The van der Waals surface area contributed by atoms with Crippen LogP contribution in [-0.4, -0.2) is 9.97 Å². The summed E-state index contributed by atoms with van der Waals surface area (Å²) < 4.78 is 0. The third-order valence-electron chi connectivity index (χ3n) is 1.18. The molecule has 0 atom stereocenters. The van der Waals surface area contributed by atoms with Crippen LogP contribution in [0.25, 0.3) is 0 Å². The Balaban J connectivity index is 2.60. The Morgan fingerprint density at radius 3 is 2.91 bits per heavy atom. The van der Waals surface area contributed by atoms with Gasteiger partial charge in [-0.3, -0.25) is 9.97 Å². The molecule has 1 rings (SSSR count). The van der Waals surface area contributed by atoms with Gasteiger partial charge in [-0.1, -0.05) is 0 Å². The van der Waals surface area contributed by atoms with Gasteiger partial charge in [0.1, 0.15) is 0 Å². The topological polar surface area (TPSA) is 61.6 Å². The molecular weight excluding hydrogens is 140 g/mol. The van der Waals surface area contributed by atoms with E-state index in [9.17, 15) is 0 Å². The van der Waals surface area contributed by atoms with Crippen molar-refractivity contribution in [3.8, 4) is 6.19 Å². The van der Waals surface area contributed by atoms with Crippen molar-refractivity contribution in [2.24, 2.45) is 0 Å². The predicted molar refractivity (Wildman–Crippen MR) is 39.2 cm³/mol. The van der Waals surface area contributed by atoms with Crippen LogP contribution in [-0.2, 0) is 6.54 Å². The quantitative estimate of drug-likeness (QED) is 0.485. The summed E-state index contributed by atoms with van der Waals surface area (Å²) >= 11 is 0. The smallest absolute Gasteiger partial charge is 0.176 e. The second-order valence-corrected chi connectivity index (χ2v) is 2.11. The Labute approximate surface area is 64.9 Å². The van der Waals surface area contributed by atoms with E-state index < -0.39 is 0 Å². The average molecular weight is 148 g/mol. The van der Waals surface area contributed by atoms with Gasteiger partial charge < -0.3 is 5.32 Å². The SMILES string of the molecule is Cc1cnc(CNC#N)cn1. The molecule has 0 aromatic carbocycles. The first-order chi connectivity index (χ1) is 5.33. The molecule has 4 heteroatoms. The Hall–Kier alpha value is -1.63. The molecule has 11 heavy (non-hydrogen) atoms. The van der Waals surface area contributed by atoms with Crippen LogP contribution in [0.5, 0.6) is 0 Å². The molecular formula is C7H8N4. The summed E-state index contributed by atoms with van der Waals surface area (Å²) in [6.07, 6.45) is 5.14. The number of hydrogen-bond donors (Lipinski definition) is 1. The van der Waals surface area contributed by atoms with Crippen LogP contribution < -0.4 is 5.32 Å². The number of rotatable bonds is 2. The first-order valence-electron chi connectivity index (χ1n) is 3.22. The molecule has 1 aromatic heterocycles. The van der Waals surface area contributed by atoms with Crippen LogP contribution in [0.4, 0.5) is 0 Å². The van der Waals surface area contributed by atoms with Crippen LogP contribution in [0, 0.1) is 18.4 Å². The summed E-state index contributed by atoms with van der Waals surface area (Å²) in [5.41, 5.74) is 1.66. The summed E-state index contributed by atoms with van der Waals surface area (Å²) in [5.74, 6) is 0. The predicted octanol–water partition coefficient (Wildman–Crippen LogP) is 0.356. The third kappa shape index (κ3) is 2.22. The van der Waals surface area contributed by atoms with Crippen molar-refractivity contribution in [3.63, 3.8) is 0 Å². The van der Waals surface area contributed by atoms with Crippen molar-refractivity contribution < 1.29 is 0 Å². The number of nitrogens with one attached hydrogen (secondary N) is 1. The average Bonchev–Trinajstić information content (AvgIpc) is 2.04. The molecule has 0 fully saturated rings. The molecule has 0 amide bonds. The van der Waals surface area contributed by atoms with Crippen LogP contribution in [0.3, 0.4) is 0 Å². The monoisotopic (exact) mass is 148 g/mol. The van der Waals surface area contributed by atoms with Gasteiger partial charge in [-0.2, -0.15) is 5.26 Å². The molecule has 0 bridgehead atoms. The second kappa shape index (κ2) is 3.52. The molecule has 0 spiro atoms. The van der Waals surface area contributed by atoms with E-state index in [0.717, 1.165) is 11.4 Å². The fourth-order valence-electron chi connectivity index (χ4n) is 0.641. The van der Waals surface area contributed by atoms with Gasteiger partial charge in [-0.05, 0) is 6.92 Å². The van der Waals surface area contributed by atoms with Gasteiger partial charge in [0.25, 0.3) is 0 Å². The van der Waals surface area contributed by atoms with E-state index in [1.165, 1.54) is 0 Å². The van der Waals surface area contributed by atoms with Crippen molar-refractivity contribution in [1.29, 1.82) is 5.26 Å². The number of aromatic nitrogens is 2. The summed E-state index contributed by atoms with van der Waals surface area (Å²) in [7, 11) is 0. The van der Waals surface area contributed by atoms with E-state index >= 15 is 0 Å². The van der Waals surface area contributed by atoms with Crippen molar-refractivity contribution in [3.05, 3.63) is 23.8 Å². The maximum Gasteiger partial charge on any atom is 0.176 e. The first-order valence-corrected chi connectivity index (χ1v) is 3.22. The van der Waals surface area contributed by atoms with E-state index in [0.29, 0.717) is 6.54 Å². The number of hydrogen-bond acceptors (Lipinski definition) is 4. The van der Waals surface area contributed by atoms with E-state index in [4.69, 9.17) is 5.26 Å². The van der Waals surface area contributed by atoms with E-state index in [2.05, 4.69) is 15.3 Å². The van der Waals surface area contributed by atoms with Crippen LogP contribution in [0.2, 0.25) is 0 Å². The minimum Gasteiger partial charge on any atom is -0.318 e. The van der Waals surface area contributed by atoms with Crippen molar-refractivity contribution in [1.82, 2.24) is 15.3 Å². The zero-order valence-corrected chi connectivity index (χ0v) is 6.20. The summed E-state index contributed by atoms with van der Waals surface area (Å²) in [4.78, 5) is 8.06. The van der Waals surface area contributed by atoms with Gasteiger partial charge in [0.05, 0.1) is 24.1 Å². The van der Waals surface area contributed by atoms with E-state index in [1.54, 1.807) is 12.4 Å². The molecule has 1 N–H and O–H groups in total. The fraction of sp³-hybridized carbons (Fsp3) is 0.286. The van der Waals surface area contributed by atoms with E-state index in [-0.39, 0.29) is 0 Å². The van der Waals surface area contributed by atoms with Crippen molar-refractivity contribution in [2.45, 2.75) is 13.5 Å². The highest BCUT2D eigenvalue weighted by atomic mass is 14.9. The Morgan fingerprint density at radius 1 is 1.55 bits per heavy atom. The number of nitrogens with zero attached hydrogens (tertiary/aromatic N) is 3. The zero-order valence-electron chi connectivity index (χ0n) is 6.20. The minimum absolute atomic E-state index is 0.448. The molecule has 0 saturated heterocycles. The van der Waals surface area contributed by atoms with Crippen LogP contribution >= 0.6 is 0 Å². The normalized spacial score (nSPS) is 8.73. The molecule has 0 radical (unpaired) electrons. The zero-order chi connectivity index (χ0) is 8.10. The molecule has 1 aromatic rings. The van der Waals surface area contributed by atoms with Gasteiger partial charge in [0, 0.05) is 6.20 Å². The molecule has 0 aliphatic rings. The lowest BCUT2D eigenvalue weighted by Gasteiger charge is -1.96. The Morgan fingerprint density at radius 2 is 2.36 bits per heavy atom. The lowest BCUT2D eigenvalue weighted by atomic mass is 10.4. The summed E-state index contributed by atoms with van der Waals surface area (Å²) in [6, 6.07) is 0. The highest BCUT2D eigenvalue weighted by Crippen LogP contribution is 1.92. The number of nitriles is 1. The maximum absolute atomic E-state index is 8.17. The molecule has 0 aliphatic heterocycles. The largest absolute Gasteiger partial charge is 0.318 e. The maximum atomic E-state index is 8.17. The van der Waals surface area contributed by atoms with Gasteiger partial charge in [0.15, 0.2) is 6.19 Å². The van der Waals surface area contributed by atoms with Gasteiger partial charge >= 0.3 is 0 Å². The minimum atomic E-state index is 0.448. The standard InChI is InChI=1S/C7H8N4/c1-6-2-11-7(4-10-6)3-9-5-8/h2,4,9H,3H2,1H3. The van der Waals surface area contributed by atoms with Gasteiger partial charge in [-0.25, -0.2) is 0 Å². The molecule has 4 nitrogen and oxygen atoms in total. The number of aryl methyl sites for hydroxylation is 1.